The van der Waals surface area contributed by atoms with Gasteiger partial charge in [0.25, 0.3) is 0 Å². The lowest BCUT2D eigenvalue weighted by molar-refractivity contribution is -0.123. The van der Waals surface area contributed by atoms with Crippen LogP contribution in [0.3, 0.4) is 0 Å². The molecular formula is C12H23NO. The fourth-order valence-electron chi connectivity index (χ4n) is 2.59. The maximum absolute atomic E-state index is 11.6. The number of likely N-dealkylation sites (tertiary alicyclic amines) is 1. The minimum Gasteiger partial charge on any atom is -0.301 e. The summed E-state index contributed by atoms with van der Waals surface area (Å²) < 4.78 is 0. The molecule has 0 spiro atoms. The molecule has 0 aromatic heterocycles. The summed E-state index contributed by atoms with van der Waals surface area (Å²) in [4.78, 5) is 13.9. The first-order valence-corrected chi connectivity index (χ1v) is 5.46. The van der Waals surface area contributed by atoms with Gasteiger partial charge in [0, 0.05) is 24.9 Å². The van der Waals surface area contributed by atoms with Crippen molar-refractivity contribution in [2.24, 2.45) is 5.41 Å². The van der Waals surface area contributed by atoms with Gasteiger partial charge in [-0.05, 0) is 32.7 Å². The van der Waals surface area contributed by atoms with Gasteiger partial charge >= 0.3 is 0 Å². The van der Waals surface area contributed by atoms with E-state index in [1.54, 1.807) is 0 Å². The standard InChI is InChI=1S/C12H23NO/c1-11(2)8-10(14)6-7-13(5)12(3,4)9-11/h6-9H2,1-5H3. The van der Waals surface area contributed by atoms with Gasteiger partial charge in [0.05, 0.1) is 0 Å². The van der Waals surface area contributed by atoms with Gasteiger partial charge in [0.15, 0.2) is 0 Å². The Bertz CT molecular complexity index is 230. The summed E-state index contributed by atoms with van der Waals surface area (Å²) in [5.74, 6) is 0.414. The Morgan fingerprint density at radius 2 is 1.79 bits per heavy atom. The number of Topliss-reactive ketones (excluding diaryl/α,β-unsaturated/α-hetero) is 1. The lowest BCUT2D eigenvalue weighted by Crippen LogP contribution is -2.47. The van der Waals surface area contributed by atoms with Crippen molar-refractivity contribution in [3.8, 4) is 0 Å². The van der Waals surface area contributed by atoms with Crippen LogP contribution in [0.5, 0.6) is 0 Å². The van der Waals surface area contributed by atoms with Crippen molar-refractivity contribution in [1.29, 1.82) is 0 Å². The molecule has 0 aliphatic carbocycles. The summed E-state index contributed by atoms with van der Waals surface area (Å²) in [6, 6.07) is 0. The topological polar surface area (TPSA) is 20.3 Å². The van der Waals surface area contributed by atoms with Crippen molar-refractivity contribution in [3.05, 3.63) is 0 Å². The van der Waals surface area contributed by atoms with E-state index in [9.17, 15) is 4.79 Å². The van der Waals surface area contributed by atoms with Gasteiger partial charge in [-0.25, -0.2) is 0 Å². The second kappa shape index (κ2) is 3.65. The van der Waals surface area contributed by atoms with Crippen LogP contribution in [-0.4, -0.2) is 29.8 Å². The highest BCUT2D eigenvalue weighted by Gasteiger charge is 2.35. The van der Waals surface area contributed by atoms with Gasteiger partial charge in [-0.2, -0.15) is 0 Å². The van der Waals surface area contributed by atoms with Crippen LogP contribution in [0.1, 0.15) is 47.0 Å². The third kappa shape index (κ3) is 2.81. The van der Waals surface area contributed by atoms with E-state index in [0.29, 0.717) is 12.2 Å². The van der Waals surface area contributed by atoms with Crippen LogP contribution in [0.4, 0.5) is 0 Å². The second-order valence-electron chi connectivity index (χ2n) is 6.04. The monoisotopic (exact) mass is 197 g/mol. The molecule has 1 saturated heterocycles. The highest BCUT2D eigenvalue weighted by atomic mass is 16.1. The van der Waals surface area contributed by atoms with Crippen molar-refractivity contribution < 1.29 is 4.79 Å². The molecule has 0 amide bonds. The molecule has 1 heterocycles. The third-order valence-electron chi connectivity index (χ3n) is 3.35. The summed E-state index contributed by atoms with van der Waals surface area (Å²) in [5, 5.41) is 0. The summed E-state index contributed by atoms with van der Waals surface area (Å²) in [6.45, 7) is 9.84. The maximum atomic E-state index is 11.6. The van der Waals surface area contributed by atoms with Crippen molar-refractivity contribution in [3.63, 3.8) is 0 Å². The Kier molecular flexibility index (Phi) is 3.05. The third-order valence-corrected chi connectivity index (χ3v) is 3.35. The van der Waals surface area contributed by atoms with Crippen molar-refractivity contribution in [1.82, 2.24) is 4.90 Å². The predicted octanol–water partition coefficient (Wildman–Crippen LogP) is 2.48. The number of hydrogen-bond acceptors (Lipinski definition) is 2. The largest absolute Gasteiger partial charge is 0.301 e. The number of nitrogens with zero attached hydrogens (tertiary/aromatic N) is 1. The van der Waals surface area contributed by atoms with Gasteiger partial charge in [-0.1, -0.05) is 13.8 Å². The Hall–Kier alpha value is -0.370. The summed E-state index contributed by atoms with van der Waals surface area (Å²) >= 11 is 0. The minimum absolute atomic E-state index is 0.148. The van der Waals surface area contributed by atoms with Crippen LogP contribution in [-0.2, 0) is 4.79 Å². The maximum Gasteiger partial charge on any atom is 0.134 e. The zero-order chi connectivity index (χ0) is 11.0. The molecule has 1 aliphatic rings. The highest BCUT2D eigenvalue weighted by molar-refractivity contribution is 5.79. The second-order valence-corrected chi connectivity index (χ2v) is 6.04. The smallest absolute Gasteiger partial charge is 0.134 e. The van der Waals surface area contributed by atoms with E-state index in [1.807, 2.05) is 0 Å². The number of carbonyl (C=O) groups is 1. The van der Waals surface area contributed by atoms with Crippen molar-refractivity contribution in [2.75, 3.05) is 13.6 Å². The molecule has 1 aliphatic heterocycles. The molecule has 2 heteroatoms. The zero-order valence-electron chi connectivity index (χ0n) is 10.2. The lowest BCUT2D eigenvalue weighted by atomic mass is 9.74. The van der Waals surface area contributed by atoms with Crippen LogP contribution in [0, 0.1) is 5.41 Å². The Balaban J connectivity index is 2.82. The molecule has 1 fully saturated rings. The molecule has 1 rings (SSSR count). The lowest BCUT2D eigenvalue weighted by Gasteiger charge is -2.43. The van der Waals surface area contributed by atoms with E-state index < -0.39 is 0 Å². The molecule has 0 saturated carbocycles. The van der Waals surface area contributed by atoms with Crippen molar-refractivity contribution in [2.45, 2.75) is 52.5 Å². The quantitative estimate of drug-likeness (QED) is 0.594. The van der Waals surface area contributed by atoms with Gasteiger partial charge in [0.2, 0.25) is 0 Å². The van der Waals surface area contributed by atoms with Gasteiger partial charge < -0.3 is 4.90 Å². The molecule has 0 bridgehead atoms. The SMILES string of the molecule is CN1CCC(=O)CC(C)(C)CC1(C)C. The van der Waals surface area contributed by atoms with Crippen LogP contribution >= 0.6 is 0 Å². The molecule has 2 nitrogen and oxygen atoms in total. The normalized spacial score (nSPS) is 28.2. The summed E-state index contributed by atoms with van der Waals surface area (Å²) in [5.41, 5.74) is 0.361. The minimum atomic E-state index is 0.148. The number of hydrogen-bond donors (Lipinski definition) is 0. The first-order valence-electron chi connectivity index (χ1n) is 5.46. The fraction of sp³-hybridized carbons (Fsp3) is 0.917. The van der Waals surface area contributed by atoms with Crippen LogP contribution < -0.4 is 0 Å². The number of ketones is 1. The molecule has 0 radical (unpaired) electrons. The van der Waals surface area contributed by atoms with E-state index in [-0.39, 0.29) is 11.0 Å². The zero-order valence-corrected chi connectivity index (χ0v) is 10.2. The average Bonchev–Trinajstić information content (AvgIpc) is 1.95. The molecule has 82 valence electrons. The van der Waals surface area contributed by atoms with Crippen molar-refractivity contribution >= 4 is 5.78 Å². The molecule has 0 aromatic carbocycles. The van der Waals surface area contributed by atoms with Gasteiger partial charge in [-0.15, -0.1) is 0 Å². The number of rotatable bonds is 0. The molecular weight excluding hydrogens is 174 g/mol. The number of carbonyl (C=O) groups excluding carboxylic acids is 1. The molecule has 0 aromatic rings. The van der Waals surface area contributed by atoms with Gasteiger partial charge in [0.1, 0.15) is 5.78 Å². The summed E-state index contributed by atoms with van der Waals surface area (Å²) in [6.07, 6.45) is 2.54. The van der Waals surface area contributed by atoms with E-state index in [2.05, 4.69) is 39.6 Å². The van der Waals surface area contributed by atoms with E-state index in [1.165, 1.54) is 0 Å². The molecule has 0 atom stereocenters. The Labute approximate surface area is 87.7 Å². The molecule has 14 heavy (non-hydrogen) atoms. The summed E-state index contributed by atoms with van der Waals surface area (Å²) in [7, 11) is 2.12. The first-order chi connectivity index (χ1) is 6.23. The fourth-order valence-corrected chi connectivity index (χ4v) is 2.59. The predicted molar refractivity (Wildman–Crippen MR) is 59.3 cm³/mol. The van der Waals surface area contributed by atoms with Crippen LogP contribution in [0.2, 0.25) is 0 Å². The highest BCUT2D eigenvalue weighted by Crippen LogP contribution is 2.36. The van der Waals surface area contributed by atoms with Gasteiger partial charge in [-0.3, -0.25) is 4.79 Å². The van der Waals surface area contributed by atoms with Crippen LogP contribution in [0.15, 0.2) is 0 Å². The Morgan fingerprint density at radius 1 is 1.21 bits per heavy atom. The van der Waals surface area contributed by atoms with E-state index in [0.717, 1.165) is 19.4 Å². The molecule has 0 N–H and O–H groups in total. The van der Waals surface area contributed by atoms with E-state index in [4.69, 9.17) is 0 Å². The van der Waals surface area contributed by atoms with E-state index >= 15 is 0 Å². The van der Waals surface area contributed by atoms with Crippen LogP contribution in [0.25, 0.3) is 0 Å². The average molecular weight is 197 g/mol. The Morgan fingerprint density at radius 3 is 2.36 bits per heavy atom. The molecule has 0 unspecified atom stereocenters. The first kappa shape index (κ1) is 11.7.